The fraction of sp³-hybridized carbons (Fsp3) is 0.480. The number of hydrogen-bond donors (Lipinski definition) is 0. The monoisotopic (exact) mass is 884 g/mol. The van der Waals surface area contributed by atoms with Gasteiger partial charge in [-0.1, -0.05) is 130 Å². The number of benzene rings is 1. The Balaban J connectivity index is 1.08. The van der Waals surface area contributed by atoms with E-state index < -0.39 is 0 Å². The predicted molar refractivity (Wildman–Crippen MR) is 259 cm³/mol. The van der Waals surface area contributed by atoms with Crippen molar-refractivity contribution in [2.24, 2.45) is 11.8 Å². The summed E-state index contributed by atoms with van der Waals surface area (Å²) in [5, 5.41) is 2.14. The first-order valence-electron chi connectivity index (χ1n) is 22.1. The second-order valence-corrected chi connectivity index (χ2v) is 22.9. The first-order valence-corrected chi connectivity index (χ1v) is 27.0. The van der Waals surface area contributed by atoms with Gasteiger partial charge in [-0.05, 0) is 109 Å². The molecule has 308 valence electrons. The van der Waals surface area contributed by atoms with Crippen LogP contribution in [-0.2, 0) is 22.4 Å². The zero-order valence-corrected chi connectivity index (χ0v) is 39.8. The van der Waals surface area contributed by atoms with E-state index in [9.17, 15) is 9.59 Å². The molecule has 2 nitrogen and oxygen atoms in total. The SMILES string of the molecule is CCCCCCC(CCCC)Cc1ccc(-c2ccc(C3=c4cc5c(cc4SC3=O)=C(c3ccc(-c4ccc(CC(CCCC)CCCCCC)s4)s3)C(=O)S5)s2)s1. The fourth-order valence-corrected chi connectivity index (χ4v) is 15.1. The molecule has 1 aromatic carbocycles. The maximum Gasteiger partial charge on any atom is 0.226 e. The van der Waals surface area contributed by atoms with E-state index in [1.54, 1.807) is 22.7 Å². The van der Waals surface area contributed by atoms with Crippen LogP contribution in [0.4, 0.5) is 0 Å². The van der Waals surface area contributed by atoms with E-state index in [0.717, 1.165) is 53.0 Å². The average molecular weight is 885 g/mol. The summed E-state index contributed by atoms with van der Waals surface area (Å²) in [7, 11) is 0. The van der Waals surface area contributed by atoms with Crippen molar-refractivity contribution in [3.63, 3.8) is 0 Å². The molecule has 0 aliphatic carbocycles. The molecular weight excluding hydrogens is 825 g/mol. The molecular formula is C50H60O2S6. The molecule has 6 heterocycles. The number of carbonyl (C=O) groups excluding carboxylic acids is 2. The lowest BCUT2D eigenvalue weighted by Crippen LogP contribution is -2.14. The minimum Gasteiger partial charge on any atom is -0.281 e. The lowest BCUT2D eigenvalue weighted by Gasteiger charge is -2.15. The number of carbonyl (C=O) groups is 2. The second-order valence-electron chi connectivity index (χ2n) is 16.4. The van der Waals surface area contributed by atoms with Gasteiger partial charge >= 0.3 is 0 Å². The molecule has 0 saturated carbocycles. The summed E-state index contributed by atoms with van der Waals surface area (Å²) in [5.41, 5.74) is 1.57. The summed E-state index contributed by atoms with van der Waals surface area (Å²) < 4.78 is 0. The van der Waals surface area contributed by atoms with Gasteiger partial charge in [-0.3, -0.25) is 9.59 Å². The maximum atomic E-state index is 13.7. The van der Waals surface area contributed by atoms with Crippen LogP contribution in [0.25, 0.3) is 30.7 Å². The molecule has 0 bridgehead atoms. The number of hydrogen-bond acceptors (Lipinski definition) is 8. The van der Waals surface area contributed by atoms with Crippen LogP contribution in [0.15, 0.2) is 70.5 Å². The zero-order chi connectivity index (χ0) is 40.4. The molecule has 2 aliphatic rings. The van der Waals surface area contributed by atoms with Crippen LogP contribution in [0.1, 0.15) is 150 Å². The average Bonchev–Trinajstić information content (AvgIpc) is 4.08. The van der Waals surface area contributed by atoms with Crippen LogP contribution in [0.2, 0.25) is 0 Å². The Morgan fingerprint density at radius 1 is 0.414 bits per heavy atom. The lowest BCUT2D eigenvalue weighted by molar-refractivity contribution is -0.106. The van der Waals surface area contributed by atoms with Gasteiger partial charge in [-0.15, -0.1) is 45.3 Å². The lowest BCUT2D eigenvalue weighted by atomic mass is 9.92. The minimum atomic E-state index is 0.100. The van der Waals surface area contributed by atoms with E-state index in [1.165, 1.54) is 168 Å². The number of thioether (sulfide) groups is 2. The van der Waals surface area contributed by atoms with Crippen molar-refractivity contribution in [1.29, 1.82) is 0 Å². The van der Waals surface area contributed by atoms with Crippen LogP contribution < -0.4 is 10.4 Å². The normalized spacial score (nSPS) is 14.8. The molecule has 2 aliphatic heterocycles. The van der Waals surface area contributed by atoms with Crippen LogP contribution in [-0.4, -0.2) is 10.2 Å². The Labute approximate surface area is 372 Å². The third-order valence-electron chi connectivity index (χ3n) is 11.8. The van der Waals surface area contributed by atoms with E-state index in [2.05, 4.69) is 88.4 Å². The molecule has 2 atom stereocenters. The molecule has 0 saturated heterocycles. The Morgan fingerprint density at radius 2 is 0.776 bits per heavy atom. The van der Waals surface area contributed by atoms with Gasteiger partial charge in [0.15, 0.2) is 0 Å². The van der Waals surface area contributed by atoms with E-state index in [0.29, 0.717) is 0 Å². The number of rotatable bonds is 24. The van der Waals surface area contributed by atoms with Gasteiger partial charge in [-0.2, -0.15) is 0 Å². The topological polar surface area (TPSA) is 34.1 Å². The highest BCUT2D eigenvalue weighted by Gasteiger charge is 2.30. The highest BCUT2D eigenvalue weighted by atomic mass is 32.2. The zero-order valence-electron chi connectivity index (χ0n) is 34.9. The van der Waals surface area contributed by atoms with Crippen molar-refractivity contribution in [2.45, 2.75) is 153 Å². The molecule has 7 rings (SSSR count). The van der Waals surface area contributed by atoms with Crippen LogP contribution in [0.3, 0.4) is 0 Å². The van der Waals surface area contributed by atoms with Gasteiger partial charge in [0.2, 0.25) is 10.2 Å². The Hall–Kier alpha value is -2.20. The smallest absolute Gasteiger partial charge is 0.226 e. The fourth-order valence-electron chi connectivity index (χ4n) is 8.53. The van der Waals surface area contributed by atoms with Crippen molar-refractivity contribution in [3.05, 3.63) is 90.6 Å². The van der Waals surface area contributed by atoms with Crippen molar-refractivity contribution < 1.29 is 9.59 Å². The molecule has 0 spiro atoms. The van der Waals surface area contributed by atoms with Crippen LogP contribution >= 0.6 is 68.9 Å². The predicted octanol–water partition coefficient (Wildman–Crippen LogP) is 15.6. The van der Waals surface area contributed by atoms with Crippen molar-refractivity contribution in [1.82, 2.24) is 0 Å². The Morgan fingerprint density at radius 3 is 1.19 bits per heavy atom. The summed E-state index contributed by atoms with van der Waals surface area (Å²) in [4.78, 5) is 39.3. The second kappa shape index (κ2) is 21.5. The van der Waals surface area contributed by atoms with Gasteiger partial charge in [0, 0.05) is 59.2 Å². The summed E-state index contributed by atoms with van der Waals surface area (Å²) in [6.07, 6.45) is 23.5. The molecule has 2 unspecified atom stereocenters. The Bertz CT molecular complexity index is 2120. The maximum absolute atomic E-state index is 13.7. The van der Waals surface area contributed by atoms with Gasteiger partial charge in [0.05, 0.1) is 11.1 Å². The van der Waals surface area contributed by atoms with Gasteiger partial charge in [0.1, 0.15) is 0 Å². The summed E-state index contributed by atoms with van der Waals surface area (Å²) in [6, 6.07) is 22.1. The Kier molecular flexibility index (Phi) is 16.3. The first kappa shape index (κ1) is 43.9. The third-order valence-corrected chi connectivity index (χ3v) is 18.5. The largest absolute Gasteiger partial charge is 0.281 e. The third kappa shape index (κ3) is 10.8. The van der Waals surface area contributed by atoms with E-state index in [4.69, 9.17) is 0 Å². The van der Waals surface area contributed by atoms with Gasteiger partial charge in [0.25, 0.3) is 0 Å². The van der Waals surface area contributed by atoms with Gasteiger partial charge < -0.3 is 0 Å². The van der Waals surface area contributed by atoms with Crippen molar-refractivity contribution in [2.75, 3.05) is 0 Å². The van der Waals surface area contributed by atoms with E-state index >= 15 is 0 Å². The first-order chi connectivity index (χ1) is 28.4. The highest BCUT2D eigenvalue weighted by molar-refractivity contribution is 8.15. The van der Waals surface area contributed by atoms with E-state index in [-0.39, 0.29) is 10.2 Å². The molecule has 0 radical (unpaired) electrons. The quantitative estimate of drug-likeness (QED) is 0.0578. The van der Waals surface area contributed by atoms with E-state index in [1.807, 2.05) is 22.7 Å². The summed E-state index contributed by atoms with van der Waals surface area (Å²) in [6.45, 7) is 9.19. The van der Waals surface area contributed by atoms with Gasteiger partial charge in [-0.25, -0.2) is 0 Å². The molecule has 0 N–H and O–H groups in total. The molecule has 58 heavy (non-hydrogen) atoms. The number of fused-ring (bicyclic) bond motifs is 2. The van der Waals surface area contributed by atoms with Crippen LogP contribution in [0, 0.1) is 11.8 Å². The molecule has 5 aromatic rings. The number of thiophene rings is 4. The molecule has 8 heteroatoms. The summed E-state index contributed by atoms with van der Waals surface area (Å²) in [5.74, 6) is 1.54. The minimum absolute atomic E-state index is 0.100. The molecule has 4 aromatic heterocycles. The standard InChI is InChI=1S/C50H60O2S6/c1-5-9-13-15-19-33(17-11-7-3)29-35-21-23-39(53-35)41-25-27-43(55-41)47-37-31-46-38(32-45(37)57-49(47)51)48(50(52)58-46)44-28-26-42(56-44)40-24-22-36(54-40)30-34(18-12-8-4)20-16-14-10-6-2/h21-28,31-34H,5-20,29-30H2,1-4H3. The molecule has 0 amide bonds. The van der Waals surface area contributed by atoms with Crippen molar-refractivity contribution in [3.8, 4) is 19.5 Å². The summed E-state index contributed by atoms with van der Waals surface area (Å²) >= 11 is 9.93. The molecule has 0 fully saturated rings. The van der Waals surface area contributed by atoms with Crippen molar-refractivity contribution >= 4 is 90.2 Å². The highest BCUT2D eigenvalue weighted by Crippen LogP contribution is 2.43. The number of unbranched alkanes of at least 4 members (excludes halogenated alkanes) is 8. The van der Waals surface area contributed by atoms with Crippen LogP contribution in [0.5, 0.6) is 0 Å².